The molecular weight excluding hydrogens is 322 g/mol. The van der Waals surface area contributed by atoms with E-state index in [2.05, 4.69) is 15.6 Å². The van der Waals surface area contributed by atoms with Crippen LogP contribution in [0.25, 0.3) is 10.9 Å². The first-order chi connectivity index (χ1) is 11.9. The summed E-state index contributed by atoms with van der Waals surface area (Å²) in [6.07, 6.45) is 0.741. The number of carbonyl (C=O) groups excluding carboxylic acids is 3. The van der Waals surface area contributed by atoms with Gasteiger partial charge in [-0.25, -0.2) is 9.59 Å². The molecule has 7 heteroatoms. The van der Waals surface area contributed by atoms with E-state index >= 15 is 0 Å². The highest BCUT2D eigenvalue weighted by molar-refractivity contribution is 6.04. The number of hydrogen-bond acceptors (Lipinski definition) is 5. The zero-order chi connectivity index (χ0) is 18.4. The molecule has 0 aliphatic rings. The fourth-order valence-corrected chi connectivity index (χ4v) is 2.21. The van der Waals surface area contributed by atoms with Crippen LogP contribution in [0.4, 0.5) is 4.79 Å². The minimum Gasteiger partial charge on any atom is -0.452 e. The largest absolute Gasteiger partial charge is 0.452 e. The molecule has 0 saturated heterocycles. The van der Waals surface area contributed by atoms with E-state index in [9.17, 15) is 14.4 Å². The molecule has 0 saturated carbocycles. The standard InChI is InChI=1S/C18H21N3O4/c1-4-11(2)20-18(24)21-16(22)10-25-17(23)14-9-12(3)19-15-8-6-5-7-13(14)15/h5-9,11H,4,10H2,1-3H3,(H2,20,21,22,24)/t11-/m1/s1. The molecule has 0 radical (unpaired) electrons. The summed E-state index contributed by atoms with van der Waals surface area (Å²) < 4.78 is 5.03. The van der Waals surface area contributed by atoms with Crippen molar-refractivity contribution in [1.29, 1.82) is 0 Å². The van der Waals surface area contributed by atoms with E-state index in [0.717, 1.165) is 6.42 Å². The number of urea groups is 1. The molecule has 2 N–H and O–H groups in total. The fourth-order valence-electron chi connectivity index (χ4n) is 2.21. The van der Waals surface area contributed by atoms with Crippen LogP contribution < -0.4 is 10.6 Å². The van der Waals surface area contributed by atoms with Crippen molar-refractivity contribution in [2.75, 3.05) is 6.61 Å². The molecule has 132 valence electrons. The number of nitrogens with one attached hydrogen (secondary N) is 2. The number of hydrogen-bond donors (Lipinski definition) is 2. The second kappa shape index (κ2) is 8.23. The lowest BCUT2D eigenvalue weighted by molar-refractivity contribution is -0.123. The van der Waals surface area contributed by atoms with E-state index in [1.807, 2.05) is 19.9 Å². The summed E-state index contributed by atoms with van der Waals surface area (Å²) in [6, 6.07) is 8.12. The average molecular weight is 343 g/mol. The number of nitrogens with zero attached hydrogens (tertiary/aromatic N) is 1. The van der Waals surface area contributed by atoms with E-state index in [4.69, 9.17) is 4.74 Å². The van der Waals surface area contributed by atoms with Gasteiger partial charge >= 0.3 is 12.0 Å². The molecule has 1 heterocycles. The summed E-state index contributed by atoms with van der Waals surface area (Å²) in [5, 5.41) is 5.36. The summed E-state index contributed by atoms with van der Waals surface area (Å²) in [5.74, 6) is -1.33. The smallest absolute Gasteiger partial charge is 0.339 e. The van der Waals surface area contributed by atoms with Gasteiger partial charge in [-0.1, -0.05) is 25.1 Å². The van der Waals surface area contributed by atoms with E-state index in [-0.39, 0.29) is 6.04 Å². The molecule has 0 spiro atoms. The van der Waals surface area contributed by atoms with Crippen molar-refractivity contribution in [3.63, 3.8) is 0 Å². The number of para-hydroxylation sites is 1. The molecule has 1 aromatic heterocycles. The third-order valence-electron chi connectivity index (χ3n) is 3.64. The average Bonchev–Trinajstić information content (AvgIpc) is 2.58. The van der Waals surface area contributed by atoms with E-state index in [0.29, 0.717) is 22.2 Å². The van der Waals surface area contributed by atoms with Crippen molar-refractivity contribution >= 4 is 28.8 Å². The van der Waals surface area contributed by atoms with Crippen LogP contribution in [0.15, 0.2) is 30.3 Å². The molecule has 0 aliphatic heterocycles. The van der Waals surface area contributed by atoms with Crippen molar-refractivity contribution in [2.45, 2.75) is 33.2 Å². The van der Waals surface area contributed by atoms with Gasteiger partial charge in [-0.2, -0.15) is 0 Å². The van der Waals surface area contributed by atoms with Gasteiger partial charge < -0.3 is 10.1 Å². The third-order valence-corrected chi connectivity index (χ3v) is 3.64. The van der Waals surface area contributed by atoms with E-state index in [1.54, 1.807) is 31.2 Å². The maximum Gasteiger partial charge on any atom is 0.339 e. The van der Waals surface area contributed by atoms with Gasteiger partial charge in [0.25, 0.3) is 5.91 Å². The minimum absolute atomic E-state index is 0.0542. The maximum atomic E-state index is 12.3. The first-order valence-corrected chi connectivity index (χ1v) is 8.04. The minimum atomic E-state index is -0.691. The van der Waals surface area contributed by atoms with E-state index < -0.39 is 24.5 Å². The lowest BCUT2D eigenvalue weighted by Gasteiger charge is -2.12. The summed E-state index contributed by atoms with van der Waals surface area (Å²) in [4.78, 5) is 39.9. The summed E-state index contributed by atoms with van der Waals surface area (Å²) in [7, 11) is 0. The summed E-state index contributed by atoms with van der Waals surface area (Å²) >= 11 is 0. The van der Waals surface area contributed by atoms with E-state index in [1.165, 1.54) is 0 Å². The number of esters is 1. The zero-order valence-corrected chi connectivity index (χ0v) is 14.5. The maximum absolute atomic E-state index is 12.3. The van der Waals surface area contributed by atoms with Crippen LogP contribution in [0.3, 0.4) is 0 Å². The quantitative estimate of drug-likeness (QED) is 0.812. The number of pyridine rings is 1. The number of amides is 3. The molecule has 7 nitrogen and oxygen atoms in total. The van der Waals surface area contributed by atoms with Crippen LogP contribution in [-0.4, -0.2) is 35.5 Å². The first kappa shape index (κ1) is 18.4. The molecule has 0 aliphatic carbocycles. The second-order valence-corrected chi connectivity index (χ2v) is 5.74. The molecular formula is C18H21N3O4. The summed E-state index contributed by atoms with van der Waals surface area (Å²) in [6.45, 7) is 4.97. The first-order valence-electron chi connectivity index (χ1n) is 8.04. The highest BCUT2D eigenvalue weighted by Gasteiger charge is 2.16. The van der Waals surface area contributed by atoms with Crippen molar-refractivity contribution in [2.24, 2.45) is 0 Å². The molecule has 0 bridgehead atoms. The molecule has 1 aromatic carbocycles. The Morgan fingerprint density at radius 3 is 2.68 bits per heavy atom. The molecule has 0 fully saturated rings. The Morgan fingerprint density at radius 1 is 1.24 bits per heavy atom. The van der Waals surface area contributed by atoms with Crippen LogP contribution in [0, 0.1) is 6.92 Å². The topological polar surface area (TPSA) is 97.4 Å². The van der Waals surface area contributed by atoms with Crippen molar-refractivity contribution in [3.8, 4) is 0 Å². The monoisotopic (exact) mass is 343 g/mol. The third kappa shape index (κ3) is 5.00. The van der Waals surface area contributed by atoms with Gasteiger partial charge in [-0.05, 0) is 32.4 Å². The van der Waals surface area contributed by atoms with Crippen LogP contribution in [0.1, 0.15) is 36.3 Å². The number of carbonyl (C=O) groups is 3. The number of fused-ring (bicyclic) bond motifs is 1. The lowest BCUT2D eigenvalue weighted by Crippen LogP contribution is -2.44. The zero-order valence-electron chi connectivity index (χ0n) is 14.5. The number of aryl methyl sites for hydroxylation is 1. The number of benzene rings is 1. The van der Waals surface area contributed by atoms with Crippen molar-refractivity contribution in [3.05, 3.63) is 41.6 Å². The van der Waals surface area contributed by atoms with Gasteiger partial charge in [0, 0.05) is 17.1 Å². The Morgan fingerprint density at radius 2 is 1.96 bits per heavy atom. The normalized spacial score (nSPS) is 11.6. The Hall–Kier alpha value is -2.96. The predicted octanol–water partition coefficient (Wildman–Crippen LogP) is 2.32. The highest BCUT2D eigenvalue weighted by Crippen LogP contribution is 2.18. The number of rotatable bonds is 5. The Balaban J connectivity index is 1.99. The Bertz CT molecular complexity index is 804. The Labute approximate surface area is 145 Å². The summed E-state index contributed by atoms with van der Waals surface area (Å²) in [5.41, 5.74) is 1.68. The molecule has 0 unspecified atom stereocenters. The van der Waals surface area contributed by atoms with Gasteiger partial charge in [0.05, 0.1) is 11.1 Å². The van der Waals surface area contributed by atoms with Crippen LogP contribution in [0.5, 0.6) is 0 Å². The van der Waals surface area contributed by atoms with Gasteiger partial charge in [0.15, 0.2) is 6.61 Å². The number of aromatic nitrogens is 1. The number of imide groups is 1. The number of ether oxygens (including phenoxy) is 1. The molecule has 25 heavy (non-hydrogen) atoms. The van der Waals surface area contributed by atoms with Crippen molar-refractivity contribution in [1.82, 2.24) is 15.6 Å². The predicted molar refractivity (Wildman–Crippen MR) is 93.2 cm³/mol. The van der Waals surface area contributed by atoms with Gasteiger partial charge in [0.1, 0.15) is 0 Å². The molecule has 2 aromatic rings. The molecule has 3 amide bonds. The SMILES string of the molecule is CC[C@@H](C)NC(=O)NC(=O)COC(=O)c1cc(C)nc2ccccc12. The molecule has 2 rings (SSSR count). The van der Waals surface area contributed by atoms with Gasteiger partial charge in [-0.3, -0.25) is 15.1 Å². The van der Waals surface area contributed by atoms with Gasteiger partial charge in [-0.15, -0.1) is 0 Å². The molecule has 1 atom stereocenters. The second-order valence-electron chi connectivity index (χ2n) is 5.74. The van der Waals surface area contributed by atoms with Crippen molar-refractivity contribution < 1.29 is 19.1 Å². The van der Waals surface area contributed by atoms with Gasteiger partial charge in [0.2, 0.25) is 0 Å². The van der Waals surface area contributed by atoms with Crippen LogP contribution in [-0.2, 0) is 9.53 Å². The van der Waals surface area contributed by atoms with Crippen LogP contribution in [0.2, 0.25) is 0 Å². The lowest BCUT2D eigenvalue weighted by atomic mass is 10.1. The Kier molecular flexibility index (Phi) is 6.05. The highest BCUT2D eigenvalue weighted by atomic mass is 16.5. The fraction of sp³-hybridized carbons (Fsp3) is 0.333. The van der Waals surface area contributed by atoms with Crippen LogP contribution >= 0.6 is 0 Å².